The number of para-hydroxylation sites is 1. The number of hydrogen-bond acceptors (Lipinski definition) is 5. The van der Waals surface area contributed by atoms with E-state index in [0.29, 0.717) is 30.0 Å². The highest BCUT2D eigenvalue weighted by atomic mass is 19.4. The van der Waals surface area contributed by atoms with Crippen LogP contribution in [-0.2, 0) is 11.0 Å². The summed E-state index contributed by atoms with van der Waals surface area (Å²) in [5.74, 6) is 1.30. The van der Waals surface area contributed by atoms with Gasteiger partial charge in [0, 0.05) is 18.8 Å². The molecule has 0 atom stereocenters. The number of carbonyl (C=O) groups excluding carboxylic acids is 1. The Hall–Kier alpha value is -3.92. The number of likely N-dealkylation sites (tertiary alicyclic amines) is 1. The van der Waals surface area contributed by atoms with Crippen LogP contribution >= 0.6 is 0 Å². The van der Waals surface area contributed by atoms with Crippen LogP contribution in [0.25, 0.3) is 11.0 Å². The number of halogens is 3. The van der Waals surface area contributed by atoms with Gasteiger partial charge in [0.1, 0.15) is 17.0 Å². The molecule has 0 aliphatic carbocycles. The van der Waals surface area contributed by atoms with Crippen molar-refractivity contribution in [2.75, 3.05) is 25.0 Å². The van der Waals surface area contributed by atoms with Crippen molar-refractivity contribution in [1.82, 2.24) is 19.9 Å². The van der Waals surface area contributed by atoms with Crippen LogP contribution in [0.1, 0.15) is 24.4 Å². The van der Waals surface area contributed by atoms with Crippen molar-refractivity contribution in [2.45, 2.75) is 25.1 Å². The van der Waals surface area contributed by atoms with Crippen molar-refractivity contribution >= 4 is 22.6 Å². The second-order valence-electron chi connectivity index (χ2n) is 8.73. The molecular formula is C26H24F3N5O2. The molecule has 0 spiro atoms. The average Bonchev–Trinajstić information content (AvgIpc) is 3.29. The lowest BCUT2D eigenvalue weighted by Gasteiger charge is -2.31. The first-order chi connectivity index (χ1) is 17.3. The third-order valence-corrected chi connectivity index (χ3v) is 6.19. The second-order valence-corrected chi connectivity index (χ2v) is 8.73. The van der Waals surface area contributed by atoms with Gasteiger partial charge in [-0.1, -0.05) is 23.4 Å². The summed E-state index contributed by atoms with van der Waals surface area (Å²) in [5, 5.41) is 11.0. The highest BCUT2D eigenvalue weighted by Gasteiger charge is 2.31. The molecule has 36 heavy (non-hydrogen) atoms. The van der Waals surface area contributed by atoms with Crippen molar-refractivity contribution in [2.24, 2.45) is 0 Å². The second kappa shape index (κ2) is 9.98. The number of aromatic nitrogens is 3. The molecule has 1 amide bonds. The Labute approximate surface area is 205 Å². The van der Waals surface area contributed by atoms with Gasteiger partial charge in [-0.15, -0.1) is 5.10 Å². The van der Waals surface area contributed by atoms with E-state index in [4.69, 9.17) is 4.74 Å². The average molecular weight is 496 g/mol. The third-order valence-electron chi connectivity index (χ3n) is 6.19. The molecule has 1 aliphatic rings. The van der Waals surface area contributed by atoms with Crippen LogP contribution in [0.2, 0.25) is 0 Å². The zero-order valence-electron chi connectivity index (χ0n) is 19.3. The number of alkyl halides is 3. The summed E-state index contributed by atoms with van der Waals surface area (Å²) in [6, 6.07) is 20.2. The van der Waals surface area contributed by atoms with Crippen molar-refractivity contribution < 1.29 is 22.7 Å². The summed E-state index contributed by atoms with van der Waals surface area (Å²) in [4.78, 5) is 14.6. The maximum Gasteiger partial charge on any atom is 0.416 e. The zero-order valence-corrected chi connectivity index (χ0v) is 19.3. The van der Waals surface area contributed by atoms with Crippen LogP contribution in [0, 0.1) is 0 Å². The Balaban J connectivity index is 1.12. The summed E-state index contributed by atoms with van der Waals surface area (Å²) >= 11 is 0. The zero-order chi connectivity index (χ0) is 25.1. The van der Waals surface area contributed by atoms with Crippen molar-refractivity contribution in [3.05, 3.63) is 78.4 Å². The minimum atomic E-state index is -4.41. The standard InChI is InChI=1S/C26H24F3N5O2/c27-26(28,29)18-6-11-24-23(16-18)31-32-34(24)20-12-14-33(15-13-20)17-25(35)30-19-7-9-22(10-8-19)36-21-4-2-1-3-5-21/h1-11,16,20H,12-15,17H2,(H,30,35). The molecule has 1 aliphatic heterocycles. The van der Waals surface area contributed by atoms with Gasteiger partial charge in [0.25, 0.3) is 0 Å². The number of benzene rings is 3. The lowest BCUT2D eigenvalue weighted by atomic mass is 10.0. The Kier molecular flexibility index (Phi) is 6.60. The molecule has 1 saturated heterocycles. The van der Waals surface area contributed by atoms with Crippen LogP contribution in [0.5, 0.6) is 11.5 Å². The third kappa shape index (κ3) is 5.49. The van der Waals surface area contributed by atoms with E-state index in [2.05, 4.69) is 20.5 Å². The first kappa shape index (κ1) is 23.8. The Bertz CT molecular complexity index is 1330. The summed E-state index contributed by atoms with van der Waals surface area (Å²) in [6.45, 7) is 1.59. The number of carbonyl (C=O) groups is 1. The molecule has 4 aromatic rings. The fourth-order valence-corrected chi connectivity index (χ4v) is 4.34. The van der Waals surface area contributed by atoms with E-state index in [1.165, 1.54) is 6.07 Å². The lowest BCUT2D eigenvalue weighted by Crippen LogP contribution is -2.39. The monoisotopic (exact) mass is 495 g/mol. The number of piperidine rings is 1. The SMILES string of the molecule is O=C(CN1CCC(n2nnc3cc(C(F)(F)F)ccc32)CC1)Nc1ccc(Oc2ccccc2)cc1. The maximum absolute atomic E-state index is 13.0. The molecule has 1 fully saturated rings. The van der Waals surface area contributed by atoms with Gasteiger partial charge in [-0.05, 0) is 67.4 Å². The minimum Gasteiger partial charge on any atom is -0.457 e. The van der Waals surface area contributed by atoms with E-state index >= 15 is 0 Å². The number of hydrogen-bond donors (Lipinski definition) is 1. The van der Waals surface area contributed by atoms with E-state index in [9.17, 15) is 18.0 Å². The Morgan fingerprint density at radius 1 is 0.972 bits per heavy atom. The molecule has 0 unspecified atom stereocenters. The molecule has 2 heterocycles. The first-order valence-corrected chi connectivity index (χ1v) is 11.6. The van der Waals surface area contributed by atoms with Gasteiger partial charge in [-0.3, -0.25) is 9.69 Å². The molecule has 1 N–H and O–H groups in total. The van der Waals surface area contributed by atoms with Gasteiger partial charge < -0.3 is 10.1 Å². The summed E-state index contributed by atoms with van der Waals surface area (Å²) in [7, 11) is 0. The predicted molar refractivity (Wildman–Crippen MR) is 129 cm³/mol. The van der Waals surface area contributed by atoms with Crippen molar-refractivity contribution in [3.8, 4) is 11.5 Å². The molecule has 7 nitrogen and oxygen atoms in total. The fraction of sp³-hybridized carbons (Fsp3) is 0.269. The fourth-order valence-electron chi connectivity index (χ4n) is 4.34. The quantitative estimate of drug-likeness (QED) is 0.382. The molecule has 5 rings (SSSR count). The number of amides is 1. The molecule has 0 bridgehead atoms. The number of ether oxygens (including phenoxy) is 1. The molecule has 1 aromatic heterocycles. The van der Waals surface area contributed by atoms with Crippen LogP contribution in [0.15, 0.2) is 72.8 Å². The number of nitrogens with one attached hydrogen (secondary N) is 1. The predicted octanol–water partition coefficient (Wildman–Crippen LogP) is 5.52. The topological polar surface area (TPSA) is 72.3 Å². The number of nitrogens with zero attached hydrogens (tertiary/aromatic N) is 4. The van der Waals surface area contributed by atoms with Gasteiger partial charge in [0.2, 0.25) is 5.91 Å². The van der Waals surface area contributed by atoms with Crippen LogP contribution in [0.4, 0.5) is 18.9 Å². The van der Waals surface area contributed by atoms with Gasteiger partial charge in [0.05, 0.1) is 23.7 Å². The van der Waals surface area contributed by atoms with Gasteiger partial charge in [-0.25, -0.2) is 4.68 Å². The number of anilines is 1. The van der Waals surface area contributed by atoms with E-state index < -0.39 is 11.7 Å². The minimum absolute atomic E-state index is 0.0169. The number of rotatable bonds is 6. The Morgan fingerprint density at radius 3 is 2.36 bits per heavy atom. The van der Waals surface area contributed by atoms with Crippen molar-refractivity contribution in [1.29, 1.82) is 0 Å². The molecule has 10 heteroatoms. The molecule has 0 saturated carbocycles. The van der Waals surface area contributed by atoms with Gasteiger partial charge in [-0.2, -0.15) is 13.2 Å². The highest BCUT2D eigenvalue weighted by molar-refractivity contribution is 5.92. The van der Waals surface area contributed by atoms with Crippen molar-refractivity contribution in [3.63, 3.8) is 0 Å². The van der Waals surface area contributed by atoms with E-state index in [1.54, 1.807) is 28.9 Å². The Morgan fingerprint density at radius 2 is 1.67 bits per heavy atom. The lowest BCUT2D eigenvalue weighted by molar-refractivity contribution is -0.137. The molecule has 0 radical (unpaired) electrons. The van der Waals surface area contributed by atoms with Crippen LogP contribution < -0.4 is 10.1 Å². The van der Waals surface area contributed by atoms with Crippen LogP contribution in [-0.4, -0.2) is 45.4 Å². The normalized spacial score (nSPS) is 15.2. The maximum atomic E-state index is 13.0. The molecule has 186 valence electrons. The van der Waals surface area contributed by atoms with Gasteiger partial charge >= 0.3 is 6.18 Å². The molecule has 3 aromatic carbocycles. The van der Waals surface area contributed by atoms with E-state index in [0.717, 1.165) is 30.7 Å². The summed E-state index contributed by atoms with van der Waals surface area (Å²) < 4.78 is 46.4. The highest BCUT2D eigenvalue weighted by Crippen LogP contribution is 2.32. The number of fused-ring (bicyclic) bond motifs is 1. The van der Waals surface area contributed by atoms with Gasteiger partial charge in [0.15, 0.2) is 0 Å². The van der Waals surface area contributed by atoms with E-state index in [-0.39, 0.29) is 24.0 Å². The first-order valence-electron chi connectivity index (χ1n) is 11.6. The molecular weight excluding hydrogens is 471 g/mol. The van der Waals surface area contributed by atoms with E-state index in [1.807, 2.05) is 30.3 Å². The smallest absolute Gasteiger partial charge is 0.416 e. The summed E-state index contributed by atoms with van der Waals surface area (Å²) in [6.07, 6.45) is -2.97. The largest absolute Gasteiger partial charge is 0.457 e. The summed E-state index contributed by atoms with van der Waals surface area (Å²) in [5.41, 5.74) is 0.759. The van der Waals surface area contributed by atoms with Crippen LogP contribution in [0.3, 0.4) is 0 Å².